The largest absolute Gasteiger partial charge is 0.371 e. The van der Waals surface area contributed by atoms with Gasteiger partial charge in [0.25, 0.3) is 0 Å². The molecule has 1 atom stereocenters. The minimum atomic E-state index is -3.43. The molecular weight excluding hydrogens is 428 g/mol. The Kier molecular flexibility index (Phi) is 7.43. The maximum atomic E-state index is 12.3. The molecule has 0 spiro atoms. The number of halogens is 1. The van der Waals surface area contributed by atoms with Gasteiger partial charge in [-0.3, -0.25) is 4.90 Å². The van der Waals surface area contributed by atoms with E-state index < -0.39 is 10.0 Å². The molecule has 1 aliphatic rings. The van der Waals surface area contributed by atoms with Crippen molar-refractivity contribution in [1.29, 1.82) is 0 Å². The molecule has 1 aliphatic heterocycles. The van der Waals surface area contributed by atoms with E-state index in [0.29, 0.717) is 11.4 Å². The zero-order valence-electron chi connectivity index (χ0n) is 15.2. The fourth-order valence-corrected chi connectivity index (χ4v) is 4.48. The molecule has 0 aliphatic carbocycles. The van der Waals surface area contributed by atoms with E-state index in [1.807, 2.05) is 18.2 Å². The Morgan fingerprint density at radius 3 is 2.56 bits per heavy atom. The molecule has 1 fully saturated rings. The third-order valence-electron chi connectivity index (χ3n) is 4.64. The highest BCUT2D eigenvalue weighted by Crippen LogP contribution is 2.22. The molecule has 0 radical (unpaired) electrons. The number of benzene rings is 2. The maximum absolute atomic E-state index is 12.3. The molecule has 2 aromatic carbocycles. The molecule has 0 aromatic heterocycles. The van der Waals surface area contributed by atoms with Crippen molar-refractivity contribution in [2.24, 2.45) is 0 Å². The summed E-state index contributed by atoms with van der Waals surface area (Å²) in [5, 5.41) is 0. The summed E-state index contributed by atoms with van der Waals surface area (Å²) < 4.78 is 33.9. The standard InChI is InChI=1S/C20H25BrN2O3S/c21-18-8-10-19(11-9-18)27(24,25)22-12-4-5-13-23-14-15-26-20(16-23)17-6-2-1-3-7-17/h1-3,6-11,20,22H,4-5,12-16H2. The number of rotatable bonds is 8. The highest BCUT2D eigenvalue weighted by molar-refractivity contribution is 9.10. The van der Waals surface area contributed by atoms with Crippen molar-refractivity contribution in [1.82, 2.24) is 9.62 Å². The molecule has 0 bridgehead atoms. The van der Waals surface area contributed by atoms with Gasteiger partial charge in [0.05, 0.1) is 17.6 Å². The fourth-order valence-electron chi connectivity index (χ4n) is 3.14. The van der Waals surface area contributed by atoms with E-state index in [0.717, 1.165) is 43.6 Å². The van der Waals surface area contributed by atoms with Gasteiger partial charge in [-0.2, -0.15) is 0 Å². The monoisotopic (exact) mass is 452 g/mol. The van der Waals surface area contributed by atoms with Gasteiger partial charge in [-0.1, -0.05) is 46.3 Å². The van der Waals surface area contributed by atoms with E-state index in [-0.39, 0.29) is 6.10 Å². The van der Waals surface area contributed by atoms with Gasteiger partial charge in [-0.05, 0) is 49.2 Å². The van der Waals surface area contributed by atoms with Crippen LogP contribution in [0.4, 0.5) is 0 Å². The number of hydrogen-bond acceptors (Lipinski definition) is 4. The molecule has 1 saturated heterocycles. The summed E-state index contributed by atoms with van der Waals surface area (Å²) in [5.74, 6) is 0. The van der Waals surface area contributed by atoms with Crippen LogP contribution >= 0.6 is 15.9 Å². The van der Waals surface area contributed by atoms with Crippen LogP contribution < -0.4 is 4.72 Å². The second kappa shape index (κ2) is 9.80. The van der Waals surface area contributed by atoms with Crippen molar-refractivity contribution in [3.63, 3.8) is 0 Å². The number of hydrogen-bond donors (Lipinski definition) is 1. The number of sulfonamides is 1. The second-order valence-electron chi connectivity index (χ2n) is 6.63. The van der Waals surface area contributed by atoms with E-state index in [1.165, 1.54) is 5.56 Å². The third-order valence-corrected chi connectivity index (χ3v) is 6.64. The Balaban J connectivity index is 1.39. The minimum absolute atomic E-state index is 0.121. The van der Waals surface area contributed by atoms with Gasteiger partial charge < -0.3 is 4.74 Å². The lowest BCUT2D eigenvalue weighted by atomic mass is 10.1. The molecule has 1 unspecified atom stereocenters. The van der Waals surface area contributed by atoms with Crippen molar-refractivity contribution in [2.45, 2.75) is 23.8 Å². The SMILES string of the molecule is O=S(=O)(NCCCCN1CCOC(c2ccccc2)C1)c1ccc(Br)cc1. The van der Waals surface area contributed by atoms with Crippen LogP contribution in [0.15, 0.2) is 64.0 Å². The van der Waals surface area contributed by atoms with Gasteiger partial charge in [-0.25, -0.2) is 13.1 Å². The molecule has 146 valence electrons. The van der Waals surface area contributed by atoms with Gasteiger partial charge in [0.2, 0.25) is 10.0 Å². The van der Waals surface area contributed by atoms with Crippen molar-refractivity contribution in [2.75, 3.05) is 32.8 Å². The average Bonchev–Trinajstić information content (AvgIpc) is 2.69. The predicted molar refractivity (Wildman–Crippen MR) is 110 cm³/mol. The highest BCUT2D eigenvalue weighted by Gasteiger charge is 2.21. The number of unbranched alkanes of at least 4 members (excludes halogenated alkanes) is 1. The lowest BCUT2D eigenvalue weighted by molar-refractivity contribution is -0.0303. The Hall–Kier alpha value is -1.25. The van der Waals surface area contributed by atoms with Gasteiger partial charge in [0.1, 0.15) is 0 Å². The predicted octanol–water partition coefficient (Wildman–Crippen LogP) is 3.58. The zero-order chi connectivity index (χ0) is 19.1. The Labute approximate surface area is 169 Å². The van der Waals surface area contributed by atoms with Crippen LogP contribution in [-0.2, 0) is 14.8 Å². The summed E-state index contributed by atoms with van der Waals surface area (Å²) in [4.78, 5) is 2.69. The quantitative estimate of drug-likeness (QED) is 0.621. The normalized spacial score (nSPS) is 18.5. The summed E-state index contributed by atoms with van der Waals surface area (Å²) in [6.07, 6.45) is 1.88. The number of nitrogens with one attached hydrogen (secondary N) is 1. The Bertz CT molecular complexity index is 813. The van der Waals surface area contributed by atoms with E-state index in [9.17, 15) is 8.42 Å². The molecule has 27 heavy (non-hydrogen) atoms. The Morgan fingerprint density at radius 1 is 1.07 bits per heavy atom. The van der Waals surface area contributed by atoms with E-state index in [2.05, 4.69) is 37.7 Å². The summed E-state index contributed by atoms with van der Waals surface area (Å²) in [6.45, 7) is 3.94. The summed E-state index contributed by atoms with van der Waals surface area (Å²) >= 11 is 3.31. The van der Waals surface area contributed by atoms with Crippen LogP contribution in [0.1, 0.15) is 24.5 Å². The van der Waals surface area contributed by atoms with Gasteiger partial charge in [-0.15, -0.1) is 0 Å². The first-order valence-electron chi connectivity index (χ1n) is 9.19. The maximum Gasteiger partial charge on any atom is 0.240 e. The molecule has 5 nitrogen and oxygen atoms in total. The number of nitrogens with zero attached hydrogens (tertiary/aromatic N) is 1. The summed E-state index contributed by atoms with van der Waals surface area (Å²) in [7, 11) is -3.43. The van der Waals surface area contributed by atoms with Crippen LogP contribution in [0, 0.1) is 0 Å². The molecule has 0 saturated carbocycles. The first-order chi connectivity index (χ1) is 13.0. The van der Waals surface area contributed by atoms with Crippen molar-refractivity contribution in [3.05, 3.63) is 64.6 Å². The molecule has 1 heterocycles. The van der Waals surface area contributed by atoms with Crippen molar-refractivity contribution >= 4 is 26.0 Å². The van der Waals surface area contributed by atoms with Crippen molar-refractivity contribution < 1.29 is 13.2 Å². The molecule has 0 amide bonds. The third kappa shape index (κ3) is 6.12. The van der Waals surface area contributed by atoms with E-state index in [1.54, 1.807) is 24.3 Å². The molecular formula is C20H25BrN2O3S. The lowest BCUT2D eigenvalue weighted by Crippen LogP contribution is -2.39. The van der Waals surface area contributed by atoms with Crippen LogP contribution in [0.3, 0.4) is 0 Å². The first-order valence-corrected chi connectivity index (χ1v) is 11.5. The number of ether oxygens (including phenoxy) is 1. The van der Waals surface area contributed by atoms with Crippen LogP contribution in [0.5, 0.6) is 0 Å². The van der Waals surface area contributed by atoms with E-state index >= 15 is 0 Å². The molecule has 3 rings (SSSR count). The Morgan fingerprint density at radius 2 is 1.81 bits per heavy atom. The molecule has 2 aromatic rings. The zero-order valence-corrected chi connectivity index (χ0v) is 17.6. The minimum Gasteiger partial charge on any atom is -0.371 e. The van der Waals surface area contributed by atoms with E-state index in [4.69, 9.17) is 4.74 Å². The summed E-state index contributed by atoms with van der Waals surface area (Å²) in [6, 6.07) is 17.0. The highest BCUT2D eigenvalue weighted by atomic mass is 79.9. The first kappa shape index (κ1) is 20.5. The van der Waals surface area contributed by atoms with Gasteiger partial charge in [0, 0.05) is 24.1 Å². The van der Waals surface area contributed by atoms with Gasteiger partial charge >= 0.3 is 0 Å². The van der Waals surface area contributed by atoms with Crippen molar-refractivity contribution in [3.8, 4) is 0 Å². The molecule has 7 heteroatoms. The fraction of sp³-hybridized carbons (Fsp3) is 0.400. The van der Waals surface area contributed by atoms with Crippen LogP contribution in [-0.4, -0.2) is 46.1 Å². The topological polar surface area (TPSA) is 58.6 Å². The van der Waals surface area contributed by atoms with Gasteiger partial charge in [0.15, 0.2) is 0 Å². The summed E-state index contributed by atoms with van der Waals surface area (Å²) in [5.41, 5.74) is 1.21. The molecule has 1 N–H and O–H groups in total. The number of morpholine rings is 1. The average molecular weight is 453 g/mol. The smallest absolute Gasteiger partial charge is 0.240 e. The van der Waals surface area contributed by atoms with Crippen LogP contribution in [0.25, 0.3) is 0 Å². The lowest BCUT2D eigenvalue weighted by Gasteiger charge is -2.33. The van der Waals surface area contributed by atoms with Crippen LogP contribution in [0.2, 0.25) is 0 Å². The second-order valence-corrected chi connectivity index (χ2v) is 9.31.